The highest BCUT2D eigenvalue weighted by atomic mass is 16.5. The monoisotopic (exact) mass is 416 g/mol. The maximum atomic E-state index is 12.7. The van der Waals surface area contributed by atoms with Crippen LogP contribution in [0, 0.1) is 0 Å². The molecule has 1 aliphatic rings. The van der Waals surface area contributed by atoms with Crippen LogP contribution >= 0.6 is 0 Å². The van der Waals surface area contributed by atoms with Gasteiger partial charge >= 0.3 is 5.97 Å². The second-order valence-electron chi connectivity index (χ2n) is 7.21. The molecule has 1 N–H and O–H groups in total. The van der Waals surface area contributed by atoms with Crippen molar-refractivity contribution in [3.05, 3.63) is 83.6 Å². The second kappa shape index (κ2) is 8.31. The van der Waals surface area contributed by atoms with Crippen molar-refractivity contribution in [2.75, 3.05) is 5.01 Å². The number of carbonyl (C=O) groups excluding carboxylic acids is 3. The van der Waals surface area contributed by atoms with Gasteiger partial charge in [0.1, 0.15) is 17.1 Å². The van der Waals surface area contributed by atoms with Crippen LogP contribution in [0.1, 0.15) is 30.0 Å². The lowest BCUT2D eigenvalue weighted by molar-refractivity contribution is -0.117. The summed E-state index contributed by atoms with van der Waals surface area (Å²) >= 11 is 0. The summed E-state index contributed by atoms with van der Waals surface area (Å²) in [6, 6.07) is 19.1. The number of esters is 1. The van der Waals surface area contributed by atoms with Crippen LogP contribution in [-0.2, 0) is 14.3 Å². The van der Waals surface area contributed by atoms with Crippen LogP contribution in [-0.4, -0.2) is 23.9 Å². The Balaban J connectivity index is 1.52. The lowest BCUT2D eigenvalue weighted by Crippen LogP contribution is -2.35. The van der Waals surface area contributed by atoms with E-state index in [0.29, 0.717) is 22.8 Å². The van der Waals surface area contributed by atoms with E-state index in [4.69, 9.17) is 9.15 Å². The van der Waals surface area contributed by atoms with E-state index >= 15 is 0 Å². The summed E-state index contributed by atoms with van der Waals surface area (Å²) in [5, 5.41) is 1.20. The van der Waals surface area contributed by atoms with Crippen LogP contribution in [0.4, 0.5) is 5.69 Å². The summed E-state index contributed by atoms with van der Waals surface area (Å²) in [7, 11) is 0. The van der Waals surface area contributed by atoms with E-state index in [-0.39, 0.29) is 17.6 Å². The predicted octanol–water partition coefficient (Wildman–Crippen LogP) is 3.97. The first-order chi connectivity index (χ1) is 14.9. The van der Waals surface area contributed by atoms with Gasteiger partial charge in [0.2, 0.25) is 0 Å². The molecule has 1 aromatic heterocycles. The van der Waals surface area contributed by atoms with Gasteiger partial charge in [-0.1, -0.05) is 30.3 Å². The Hall–Kier alpha value is -4.13. The fraction of sp³-hybridized carbons (Fsp3) is 0.125. The molecule has 31 heavy (non-hydrogen) atoms. The lowest BCUT2D eigenvalue weighted by Gasteiger charge is -2.13. The van der Waals surface area contributed by atoms with Gasteiger partial charge in [0.15, 0.2) is 0 Å². The Morgan fingerprint density at radius 2 is 1.71 bits per heavy atom. The van der Waals surface area contributed by atoms with E-state index in [1.165, 1.54) is 11.1 Å². The van der Waals surface area contributed by atoms with Gasteiger partial charge in [0.05, 0.1) is 17.4 Å². The minimum atomic E-state index is -0.500. The second-order valence-corrected chi connectivity index (χ2v) is 7.21. The fourth-order valence-electron chi connectivity index (χ4n) is 3.10. The van der Waals surface area contributed by atoms with Crippen molar-refractivity contribution in [3.63, 3.8) is 0 Å². The summed E-state index contributed by atoms with van der Waals surface area (Å²) in [6.45, 7) is 3.58. The number of amides is 2. The quantitative estimate of drug-likeness (QED) is 0.386. The number of nitrogens with zero attached hydrogens (tertiary/aromatic N) is 1. The third kappa shape index (κ3) is 4.25. The predicted molar refractivity (Wildman–Crippen MR) is 115 cm³/mol. The molecular weight excluding hydrogens is 396 g/mol. The van der Waals surface area contributed by atoms with Crippen LogP contribution in [0.15, 0.2) is 76.7 Å². The molecule has 1 aliphatic heterocycles. The Labute approximate surface area is 178 Å². The van der Waals surface area contributed by atoms with E-state index in [0.717, 1.165) is 5.56 Å². The van der Waals surface area contributed by atoms with Gasteiger partial charge < -0.3 is 9.15 Å². The normalized spacial score (nSPS) is 14.9. The molecule has 0 unspecified atom stereocenters. The number of para-hydroxylation sites is 1. The molecule has 0 bridgehead atoms. The van der Waals surface area contributed by atoms with Crippen molar-refractivity contribution < 1.29 is 23.5 Å². The number of benzene rings is 2. The maximum Gasteiger partial charge on any atom is 0.338 e. The Morgan fingerprint density at radius 3 is 2.39 bits per heavy atom. The first-order valence-corrected chi connectivity index (χ1v) is 9.76. The molecule has 7 nitrogen and oxygen atoms in total. The number of hydrogen-bond acceptors (Lipinski definition) is 5. The largest absolute Gasteiger partial charge is 0.459 e. The highest BCUT2D eigenvalue weighted by Gasteiger charge is 2.34. The molecule has 3 aromatic rings. The molecule has 156 valence electrons. The Bertz CT molecular complexity index is 1160. The standard InChI is InChI=1S/C24H20N2O5/c1-15(2)30-24(29)17-10-8-16(9-11-17)21-13-12-19(31-21)14-20-22(27)25-26(23(20)28)18-6-4-3-5-7-18/h3-15H,1-2H3,(H,25,27). The highest BCUT2D eigenvalue weighted by Crippen LogP contribution is 2.26. The number of hydrazine groups is 1. The molecule has 7 heteroatoms. The minimum absolute atomic E-state index is 0.0171. The molecule has 4 rings (SSSR count). The molecule has 0 spiro atoms. The van der Waals surface area contributed by atoms with Crippen molar-refractivity contribution in [1.82, 2.24) is 5.43 Å². The average Bonchev–Trinajstić information content (AvgIpc) is 3.34. The SMILES string of the molecule is CC(C)OC(=O)c1ccc(-c2ccc(C=C3C(=O)NN(c4ccccc4)C3=O)o2)cc1. The van der Waals surface area contributed by atoms with Crippen LogP contribution in [0.3, 0.4) is 0 Å². The summed E-state index contributed by atoms with van der Waals surface area (Å²) in [6.07, 6.45) is 1.22. The Kier molecular flexibility index (Phi) is 5.41. The van der Waals surface area contributed by atoms with Gasteiger partial charge in [-0.15, -0.1) is 0 Å². The number of furan rings is 1. The number of hydrogen-bond donors (Lipinski definition) is 1. The fourth-order valence-corrected chi connectivity index (χ4v) is 3.10. The van der Waals surface area contributed by atoms with E-state index in [1.807, 2.05) is 6.07 Å². The molecule has 0 radical (unpaired) electrons. The van der Waals surface area contributed by atoms with Gasteiger partial charge in [-0.05, 0) is 56.3 Å². The van der Waals surface area contributed by atoms with Crippen molar-refractivity contribution in [2.24, 2.45) is 0 Å². The maximum absolute atomic E-state index is 12.7. The topological polar surface area (TPSA) is 88.9 Å². The molecule has 0 atom stereocenters. The van der Waals surface area contributed by atoms with Crippen molar-refractivity contribution in [3.8, 4) is 11.3 Å². The van der Waals surface area contributed by atoms with E-state index in [2.05, 4.69) is 5.43 Å². The van der Waals surface area contributed by atoms with Gasteiger partial charge in [0, 0.05) is 5.56 Å². The molecule has 2 amide bonds. The van der Waals surface area contributed by atoms with Crippen molar-refractivity contribution >= 4 is 29.5 Å². The van der Waals surface area contributed by atoms with E-state index in [9.17, 15) is 14.4 Å². The van der Waals surface area contributed by atoms with Crippen LogP contribution in [0.25, 0.3) is 17.4 Å². The third-order valence-corrected chi connectivity index (χ3v) is 4.57. The highest BCUT2D eigenvalue weighted by molar-refractivity contribution is 6.31. The molecule has 0 aliphatic carbocycles. The van der Waals surface area contributed by atoms with Crippen LogP contribution in [0.2, 0.25) is 0 Å². The summed E-state index contributed by atoms with van der Waals surface area (Å²) < 4.78 is 11.0. The Morgan fingerprint density at radius 1 is 1.00 bits per heavy atom. The third-order valence-electron chi connectivity index (χ3n) is 4.57. The zero-order valence-electron chi connectivity index (χ0n) is 17.0. The summed E-state index contributed by atoms with van der Waals surface area (Å²) in [4.78, 5) is 36.9. The van der Waals surface area contributed by atoms with Gasteiger partial charge in [-0.3, -0.25) is 15.0 Å². The molecule has 2 aromatic carbocycles. The number of nitrogens with one attached hydrogen (secondary N) is 1. The van der Waals surface area contributed by atoms with Gasteiger partial charge in [0.25, 0.3) is 11.8 Å². The molecule has 1 saturated heterocycles. The average molecular weight is 416 g/mol. The first kappa shape index (κ1) is 20.2. The molecule has 0 saturated carbocycles. The number of rotatable bonds is 5. The van der Waals surface area contributed by atoms with Crippen LogP contribution < -0.4 is 10.4 Å². The molecule has 2 heterocycles. The lowest BCUT2D eigenvalue weighted by atomic mass is 10.1. The summed E-state index contributed by atoms with van der Waals surface area (Å²) in [5.74, 6) is -0.435. The number of anilines is 1. The zero-order valence-corrected chi connectivity index (χ0v) is 17.0. The minimum Gasteiger partial charge on any atom is -0.459 e. The summed E-state index contributed by atoms with van der Waals surface area (Å²) in [5.41, 5.74) is 4.30. The molecular formula is C24H20N2O5. The number of ether oxygens (including phenoxy) is 1. The molecule has 1 fully saturated rings. The van der Waals surface area contributed by atoms with Gasteiger partial charge in [-0.2, -0.15) is 0 Å². The van der Waals surface area contributed by atoms with Crippen molar-refractivity contribution in [1.29, 1.82) is 0 Å². The van der Waals surface area contributed by atoms with E-state index < -0.39 is 11.8 Å². The van der Waals surface area contributed by atoms with Crippen molar-refractivity contribution in [2.45, 2.75) is 20.0 Å². The zero-order chi connectivity index (χ0) is 22.0. The smallest absolute Gasteiger partial charge is 0.338 e. The van der Waals surface area contributed by atoms with Gasteiger partial charge in [-0.25, -0.2) is 9.80 Å². The van der Waals surface area contributed by atoms with E-state index in [1.54, 1.807) is 74.5 Å². The number of carbonyl (C=O) groups is 3. The van der Waals surface area contributed by atoms with Crippen LogP contribution in [0.5, 0.6) is 0 Å². The first-order valence-electron chi connectivity index (χ1n) is 9.76.